The van der Waals surface area contributed by atoms with Crippen molar-refractivity contribution >= 4 is 23.2 Å². The Kier molecular flexibility index (Phi) is 4.35. The van der Waals surface area contributed by atoms with Gasteiger partial charge in [0.05, 0.1) is 16.1 Å². The Morgan fingerprint density at radius 3 is 2.76 bits per heavy atom. The molecule has 1 aromatic rings. The van der Waals surface area contributed by atoms with E-state index in [1.807, 2.05) is 12.1 Å². The Labute approximate surface area is 113 Å². The highest BCUT2D eigenvalue weighted by Gasteiger charge is 2.27. The Bertz CT molecular complexity index is 392. The molecule has 0 saturated heterocycles. The molecule has 17 heavy (non-hydrogen) atoms. The van der Waals surface area contributed by atoms with Gasteiger partial charge >= 0.3 is 0 Å². The van der Waals surface area contributed by atoms with Crippen LogP contribution in [-0.2, 0) is 6.42 Å². The van der Waals surface area contributed by atoms with Crippen LogP contribution in [-0.4, -0.2) is 11.2 Å². The third-order valence-electron chi connectivity index (χ3n) is 3.74. The monoisotopic (exact) mass is 272 g/mol. The van der Waals surface area contributed by atoms with Gasteiger partial charge in [0.25, 0.3) is 0 Å². The van der Waals surface area contributed by atoms with Crippen molar-refractivity contribution in [3.8, 4) is 0 Å². The molecule has 0 aliphatic heterocycles. The minimum atomic E-state index is -0.295. The lowest BCUT2D eigenvalue weighted by Gasteiger charge is -2.18. The van der Waals surface area contributed by atoms with Crippen LogP contribution in [0.2, 0.25) is 10.0 Å². The molecular weight excluding hydrogens is 255 g/mol. The van der Waals surface area contributed by atoms with Crippen LogP contribution in [0, 0.1) is 11.8 Å². The average Bonchev–Trinajstić information content (AvgIpc) is 2.72. The van der Waals surface area contributed by atoms with Gasteiger partial charge in [-0.1, -0.05) is 48.7 Å². The van der Waals surface area contributed by atoms with Crippen LogP contribution >= 0.6 is 23.2 Å². The van der Waals surface area contributed by atoms with Crippen LogP contribution in [0.3, 0.4) is 0 Å². The van der Waals surface area contributed by atoms with Crippen LogP contribution in [0.1, 0.15) is 31.7 Å². The molecule has 0 amide bonds. The summed E-state index contributed by atoms with van der Waals surface area (Å²) in [5.74, 6) is 1.16. The maximum atomic E-state index is 10.2. The minimum absolute atomic E-state index is 0.295. The van der Waals surface area contributed by atoms with E-state index in [1.165, 1.54) is 6.42 Å². The first kappa shape index (κ1) is 13.2. The molecule has 1 fully saturated rings. The number of benzene rings is 1. The van der Waals surface area contributed by atoms with Crippen molar-refractivity contribution in [1.82, 2.24) is 0 Å². The molecule has 0 radical (unpaired) electrons. The van der Waals surface area contributed by atoms with Crippen molar-refractivity contribution in [3.63, 3.8) is 0 Å². The lowest BCUT2D eigenvalue weighted by atomic mass is 9.94. The van der Waals surface area contributed by atoms with E-state index < -0.39 is 0 Å². The second-order valence-electron chi connectivity index (χ2n) is 5.16. The van der Waals surface area contributed by atoms with Crippen LogP contribution < -0.4 is 0 Å². The minimum Gasteiger partial charge on any atom is -0.392 e. The summed E-state index contributed by atoms with van der Waals surface area (Å²) < 4.78 is 0. The molecule has 0 bridgehead atoms. The fourth-order valence-corrected chi connectivity index (χ4v) is 3.10. The van der Waals surface area contributed by atoms with Gasteiger partial charge in [-0.05, 0) is 36.3 Å². The van der Waals surface area contributed by atoms with Gasteiger partial charge in [0.1, 0.15) is 0 Å². The smallest absolute Gasteiger partial charge is 0.0625 e. The van der Waals surface area contributed by atoms with Crippen LogP contribution in [0.15, 0.2) is 18.2 Å². The van der Waals surface area contributed by atoms with E-state index in [9.17, 15) is 5.11 Å². The van der Waals surface area contributed by atoms with Crippen molar-refractivity contribution in [2.45, 2.75) is 38.7 Å². The summed E-state index contributed by atoms with van der Waals surface area (Å²) >= 11 is 12.1. The van der Waals surface area contributed by atoms with Crippen LogP contribution in [0.5, 0.6) is 0 Å². The van der Waals surface area contributed by atoms with Crippen molar-refractivity contribution in [2.75, 3.05) is 0 Å². The standard InChI is InChI=1S/C14H18Cl2O/c1-9-5-6-10(7-9)13(17)8-11-3-2-4-12(15)14(11)16/h2-4,9-10,13,17H,5-8H2,1H3. The van der Waals surface area contributed by atoms with Gasteiger partial charge in [-0.3, -0.25) is 0 Å². The Morgan fingerprint density at radius 1 is 1.35 bits per heavy atom. The summed E-state index contributed by atoms with van der Waals surface area (Å²) in [6, 6.07) is 5.60. The van der Waals surface area contributed by atoms with Gasteiger partial charge in [0.2, 0.25) is 0 Å². The SMILES string of the molecule is CC1CCC(C(O)Cc2cccc(Cl)c2Cl)C1. The Hall–Kier alpha value is -0.240. The number of halogens is 2. The van der Waals surface area contributed by atoms with E-state index in [0.29, 0.717) is 22.4 Å². The van der Waals surface area contributed by atoms with Gasteiger partial charge < -0.3 is 5.11 Å². The molecule has 1 aliphatic carbocycles. The number of hydrogen-bond acceptors (Lipinski definition) is 1. The summed E-state index contributed by atoms with van der Waals surface area (Å²) in [4.78, 5) is 0. The molecule has 94 valence electrons. The third-order valence-corrected chi connectivity index (χ3v) is 4.60. The first-order chi connectivity index (χ1) is 8.08. The Morgan fingerprint density at radius 2 is 2.12 bits per heavy atom. The molecule has 1 saturated carbocycles. The van der Waals surface area contributed by atoms with Crippen molar-refractivity contribution in [3.05, 3.63) is 33.8 Å². The maximum absolute atomic E-state index is 10.2. The molecule has 1 aromatic carbocycles. The second-order valence-corrected chi connectivity index (χ2v) is 5.95. The summed E-state index contributed by atoms with van der Waals surface area (Å²) in [6.45, 7) is 2.25. The summed E-state index contributed by atoms with van der Waals surface area (Å²) in [5, 5.41) is 11.4. The van der Waals surface area contributed by atoms with Gasteiger partial charge in [-0.2, -0.15) is 0 Å². The zero-order valence-corrected chi connectivity index (χ0v) is 11.5. The molecule has 0 aromatic heterocycles. The predicted molar refractivity (Wildman–Crippen MR) is 72.7 cm³/mol. The van der Waals surface area contributed by atoms with Gasteiger partial charge in [0, 0.05) is 6.42 Å². The van der Waals surface area contributed by atoms with Crippen molar-refractivity contribution in [2.24, 2.45) is 11.8 Å². The number of hydrogen-bond donors (Lipinski definition) is 1. The molecule has 2 rings (SSSR count). The normalized spacial score (nSPS) is 26.1. The molecule has 3 atom stereocenters. The van der Waals surface area contributed by atoms with Crippen molar-refractivity contribution in [1.29, 1.82) is 0 Å². The molecule has 0 spiro atoms. The number of rotatable bonds is 3. The second kappa shape index (κ2) is 5.60. The zero-order valence-electron chi connectivity index (χ0n) is 10.00. The maximum Gasteiger partial charge on any atom is 0.0625 e. The highest BCUT2D eigenvalue weighted by atomic mass is 35.5. The average molecular weight is 273 g/mol. The molecular formula is C14H18Cl2O. The lowest BCUT2D eigenvalue weighted by Crippen LogP contribution is -2.20. The predicted octanol–water partition coefficient (Wildman–Crippen LogP) is 4.33. The zero-order chi connectivity index (χ0) is 12.4. The first-order valence-corrected chi connectivity index (χ1v) is 6.94. The third kappa shape index (κ3) is 3.15. The summed E-state index contributed by atoms with van der Waals surface area (Å²) in [7, 11) is 0. The number of aliphatic hydroxyl groups is 1. The van der Waals surface area contributed by atoms with E-state index >= 15 is 0 Å². The largest absolute Gasteiger partial charge is 0.392 e. The van der Waals surface area contributed by atoms with Gasteiger partial charge in [-0.15, -0.1) is 0 Å². The van der Waals surface area contributed by atoms with Gasteiger partial charge in [0.15, 0.2) is 0 Å². The molecule has 3 unspecified atom stereocenters. The Balaban J connectivity index is 2.03. The quantitative estimate of drug-likeness (QED) is 0.868. The van der Waals surface area contributed by atoms with E-state index in [2.05, 4.69) is 6.92 Å². The van der Waals surface area contributed by atoms with Crippen LogP contribution in [0.4, 0.5) is 0 Å². The van der Waals surface area contributed by atoms with E-state index in [-0.39, 0.29) is 6.10 Å². The van der Waals surface area contributed by atoms with Crippen molar-refractivity contribution < 1.29 is 5.11 Å². The topological polar surface area (TPSA) is 20.2 Å². The number of aliphatic hydroxyl groups excluding tert-OH is 1. The molecule has 1 nitrogen and oxygen atoms in total. The van der Waals surface area contributed by atoms with E-state index in [1.54, 1.807) is 6.07 Å². The first-order valence-electron chi connectivity index (χ1n) is 6.19. The highest BCUT2D eigenvalue weighted by molar-refractivity contribution is 6.42. The van der Waals surface area contributed by atoms with Crippen LogP contribution in [0.25, 0.3) is 0 Å². The highest BCUT2D eigenvalue weighted by Crippen LogP contribution is 2.35. The fourth-order valence-electron chi connectivity index (χ4n) is 2.70. The fraction of sp³-hybridized carbons (Fsp3) is 0.571. The molecule has 1 N–H and O–H groups in total. The van der Waals surface area contributed by atoms with E-state index in [0.717, 1.165) is 24.3 Å². The molecule has 0 heterocycles. The lowest BCUT2D eigenvalue weighted by molar-refractivity contribution is 0.109. The summed E-state index contributed by atoms with van der Waals surface area (Å²) in [6.07, 6.45) is 3.79. The van der Waals surface area contributed by atoms with E-state index in [4.69, 9.17) is 23.2 Å². The summed E-state index contributed by atoms with van der Waals surface area (Å²) in [5.41, 5.74) is 0.950. The molecule has 1 aliphatic rings. The van der Waals surface area contributed by atoms with Gasteiger partial charge in [-0.25, -0.2) is 0 Å². The molecule has 3 heteroatoms.